The van der Waals surface area contributed by atoms with Crippen LogP contribution in [0.25, 0.3) is 0 Å². The van der Waals surface area contributed by atoms with Gasteiger partial charge in [-0.3, -0.25) is 0 Å². The molecule has 0 aromatic heterocycles. The average molecular weight is 378 g/mol. The lowest BCUT2D eigenvalue weighted by atomic mass is 9.82. The number of hydrogen-bond acceptors (Lipinski definition) is 2. The molecule has 0 saturated carbocycles. The van der Waals surface area contributed by atoms with Crippen LogP contribution >= 0.6 is 15.9 Å². The van der Waals surface area contributed by atoms with Crippen molar-refractivity contribution in [2.45, 2.75) is 38.5 Å². The Kier molecular flexibility index (Phi) is 4.33. The van der Waals surface area contributed by atoms with Gasteiger partial charge in [-0.25, -0.2) is 4.99 Å². The molecule has 23 heavy (non-hydrogen) atoms. The van der Waals surface area contributed by atoms with Crippen LogP contribution in [0.1, 0.15) is 25.3 Å². The van der Waals surface area contributed by atoms with Gasteiger partial charge in [0, 0.05) is 35.9 Å². The summed E-state index contributed by atoms with van der Waals surface area (Å²) in [6.07, 6.45) is 3.52. The Bertz CT molecular complexity index is 570. The van der Waals surface area contributed by atoms with Gasteiger partial charge < -0.3 is 15.0 Å². The topological polar surface area (TPSA) is 36.9 Å². The van der Waals surface area contributed by atoms with Crippen LogP contribution in [0.4, 0.5) is 0 Å². The molecular weight excluding hydrogens is 354 g/mol. The molecule has 4 unspecified atom stereocenters. The standard InChI is InChI=1S/C18H24BrN3O/c1-2-20-18(21-9-12-3-5-13(19)6-4-12)22-10-14-15(11-22)17-8-7-16(14)23-17/h3-6,14-17H,2,7-11H2,1H3,(H,20,21). The first kappa shape index (κ1) is 15.5. The second-order valence-corrected chi connectivity index (χ2v) is 7.74. The van der Waals surface area contributed by atoms with E-state index in [0.717, 1.165) is 36.6 Å². The lowest BCUT2D eigenvalue weighted by Gasteiger charge is -2.23. The van der Waals surface area contributed by atoms with Crippen molar-refractivity contribution in [2.24, 2.45) is 16.8 Å². The fourth-order valence-corrected chi connectivity index (χ4v) is 4.58. The fraction of sp³-hybridized carbons (Fsp3) is 0.611. The third kappa shape index (κ3) is 3.01. The van der Waals surface area contributed by atoms with Crippen LogP contribution in [0.15, 0.2) is 33.7 Å². The fourth-order valence-electron chi connectivity index (χ4n) is 4.31. The Morgan fingerprint density at radius 2 is 1.87 bits per heavy atom. The number of likely N-dealkylation sites (tertiary alicyclic amines) is 1. The minimum atomic E-state index is 0.504. The first-order chi connectivity index (χ1) is 11.2. The normalized spacial score (nSPS) is 32.4. The van der Waals surface area contributed by atoms with Gasteiger partial charge in [0.15, 0.2) is 5.96 Å². The van der Waals surface area contributed by atoms with Crippen molar-refractivity contribution < 1.29 is 4.74 Å². The number of nitrogens with one attached hydrogen (secondary N) is 1. The summed E-state index contributed by atoms with van der Waals surface area (Å²) in [6.45, 7) is 5.97. The maximum Gasteiger partial charge on any atom is 0.194 e. The molecule has 1 aromatic rings. The van der Waals surface area contributed by atoms with E-state index < -0.39 is 0 Å². The summed E-state index contributed by atoms with van der Waals surface area (Å²) in [5.41, 5.74) is 1.24. The Morgan fingerprint density at radius 3 is 2.48 bits per heavy atom. The van der Waals surface area contributed by atoms with Gasteiger partial charge in [-0.15, -0.1) is 0 Å². The highest BCUT2D eigenvalue weighted by Crippen LogP contribution is 2.47. The monoisotopic (exact) mass is 377 g/mol. The summed E-state index contributed by atoms with van der Waals surface area (Å²) in [7, 11) is 0. The van der Waals surface area contributed by atoms with E-state index in [-0.39, 0.29) is 0 Å². The summed E-state index contributed by atoms with van der Waals surface area (Å²) in [4.78, 5) is 7.32. The lowest BCUT2D eigenvalue weighted by molar-refractivity contribution is 0.0767. The van der Waals surface area contributed by atoms with E-state index in [1.807, 2.05) is 0 Å². The Balaban J connectivity index is 1.45. The molecule has 5 heteroatoms. The highest BCUT2D eigenvalue weighted by atomic mass is 79.9. The highest BCUT2D eigenvalue weighted by Gasteiger charge is 2.53. The zero-order valence-electron chi connectivity index (χ0n) is 13.5. The highest BCUT2D eigenvalue weighted by molar-refractivity contribution is 9.10. The molecule has 0 spiro atoms. The quantitative estimate of drug-likeness (QED) is 0.649. The summed E-state index contributed by atoms with van der Waals surface area (Å²) in [6, 6.07) is 8.41. The molecule has 2 bridgehead atoms. The predicted molar refractivity (Wildman–Crippen MR) is 95.4 cm³/mol. The average Bonchev–Trinajstić information content (AvgIpc) is 3.25. The summed E-state index contributed by atoms with van der Waals surface area (Å²) < 4.78 is 7.19. The third-order valence-corrected chi connectivity index (χ3v) is 5.94. The molecule has 4 atom stereocenters. The summed E-state index contributed by atoms with van der Waals surface area (Å²) in [5, 5.41) is 3.47. The molecule has 3 aliphatic rings. The van der Waals surface area contributed by atoms with Crippen LogP contribution in [-0.2, 0) is 11.3 Å². The van der Waals surface area contributed by atoms with Crippen LogP contribution < -0.4 is 5.32 Å². The SMILES string of the molecule is CCNC(=NCc1ccc(Br)cc1)N1CC2C3CCC(O3)C2C1. The maximum absolute atomic E-state index is 6.08. The molecule has 1 aromatic carbocycles. The number of benzene rings is 1. The van der Waals surface area contributed by atoms with Gasteiger partial charge in [0.1, 0.15) is 0 Å². The van der Waals surface area contributed by atoms with E-state index in [2.05, 4.69) is 57.3 Å². The molecule has 3 fully saturated rings. The third-order valence-electron chi connectivity index (χ3n) is 5.41. The van der Waals surface area contributed by atoms with Gasteiger partial charge in [-0.1, -0.05) is 28.1 Å². The van der Waals surface area contributed by atoms with E-state index in [4.69, 9.17) is 9.73 Å². The van der Waals surface area contributed by atoms with E-state index in [0.29, 0.717) is 24.0 Å². The van der Waals surface area contributed by atoms with Gasteiger partial charge in [-0.2, -0.15) is 0 Å². The molecule has 0 amide bonds. The molecule has 4 rings (SSSR count). The summed E-state index contributed by atoms with van der Waals surface area (Å²) >= 11 is 3.48. The predicted octanol–water partition coefficient (Wildman–Crippen LogP) is 3.02. The zero-order chi connectivity index (χ0) is 15.8. The molecule has 3 saturated heterocycles. The number of hydrogen-bond donors (Lipinski definition) is 1. The van der Waals surface area contributed by atoms with Crippen LogP contribution in [0.5, 0.6) is 0 Å². The zero-order valence-corrected chi connectivity index (χ0v) is 15.1. The maximum atomic E-state index is 6.08. The van der Waals surface area contributed by atoms with Crippen molar-refractivity contribution in [3.8, 4) is 0 Å². The van der Waals surface area contributed by atoms with Crippen molar-refractivity contribution in [1.29, 1.82) is 0 Å². The van der Waals surface area contributed by atoms with Crippen molar-refractivity contribution in [1.82, 2.24) is 10.2 Å². The van der Waals surface area contributed by atoms with Crippen molar-refractivity contribution in [3.05, 3.63) is 34.3 Å². The van der Waals surface area contributed by atoms with Gasteiger partial charge in [0.25, 0.3) is 0 Å². The van der Waals surface area contributed by atoms with Gasteiger partial charge in [0.05, 0.1) is 18.8 Å². The number of rotatable bonds is 3. The van der Waals surface area contributed by atoms with E-state index in [1.54, 1.807) is 0 Å². The first-order valence-electron chi connectivity index (χ1n) is 8.67. The van der Waals surface area contributed by atoms with Crippen LogP contribution in [0.2, 0.25) is 0 Å². The number of halogens is 1. The van der Waals surface area contributed by atoms with Crippen LogP contribution in [-0.4, -0.2) is 42.7 Å². The molecule has 3 aliphatic heterocycles. The second-order valence-electron chi connectivity index (χ2n) is 6.82. The molecule has 1 N–H and O–H groups in total. The van der Waals surface area contributed by atoms with E-state index in [9.17, 15) is 0 Å². The lowest BCUT2D eigenvalue weighted by Crippen LogP contribution is -2.41. The molecule has 3 heterocycles. The smallest absolute Gasteiger partial charge is 0.194 e. The number of aliphatic imine (C=N–C) groups is 1. The van der Waals surface area contributed by atoms with Gasteiger partial charge in [0.2, 0.25) is 0 Å². The Hall–Kier alpha value is -1.07. The number of fused-ring (bicyclic) bond motifs is 5. The molecular formula is C18H24BrN3O. The van der Waals surface area contributed by atoms with Crippen LogP contribution in [0.3, 0.4) is 0 Å². The summed E-state index contributed by atoms with van der Waals surface area (Å²) in [5.74, 6) is 2.49. The molecule has 4 nitrogen and oxygen atoms in total. The van der Waals surface area contributed by atoms with Gasteiger partial charge >= 0.3 is 0 Å². The van der Waals surface area contributed by atoms with E-state index >= 15 is 0 Å². The van der Waals surface area contributed by atoms with Crippen molar-refractivity contribution in [3.63, 3.8) is 0 Å². The first-order valence-corrected chi connectivity index (χ1v) is 9.47. The van der Waals surface area contributed by atoms with Crippen molar-refractivity contribution in [2.75, 3.05) is 19.6 Å². The number of nitrogens with zero attached hydrogens (tertiary/aromatic N) is 2. The number of ether oxygens (including phenoxy) is 1. The molecule has 0 radical (unpaired) electrons. The molecule has 0 aliphatic carbocycles. The van der Waals surface area contributed by atoms with E-state index in [1.165, 1.54) is 18.4 Å². The van der Waals surface area contributed by atoms with Crippen molar-refractivity contribution >= 4 is 21.9 Å². The van der Waals surface area contributed by atoms with Gasteiger partial charge in [-0.05, 0) is 37.5 Å². The Labute approximate surface area is 146 Å². The minimum absolute atomic E-state index is 0.504. The number of guanidine groups is 1. The molecule has 124 valence electrons. The second kappa shape index (κ2) is 6.44. The van der Waals surface area contributed by atoms with Crippen LogP contribution in [0, 0.1) is 11.8 Å². The largest absolute Gasteiger partial charge is 0.374 e. The minimum Gasteiger partial charge on any atom is -0.374 e. The Morgan fingerprint density at radius 1 is 1.22 bits per heavy atom.